The highest BCUT2D eigenvalue weighted by Crippen LogP contribution is 2.35. The third-order valence-electron chi connectivity index (χ3n) is 2.21. The largest absolute Gasteiger partial charge is 0.490 e. The van der Waals surface area contributed by atoms with Crippen LogP contribution in [-0.4, -0.2) is 26.4 Å². The van der Waals surface area contributed by atoms with Crippen molar-refractivity contribution in [2.45, 2.75) is 12.3 Å². The second kappa shape index (κ2) is 5.88. The lowest BCUT2D eigenvalue weighted by atomic mass is 10.2. The molecular weight excluding hydrogens is 235 g/mol. The van der Waals surface area contributed by atoms with Gasteiger partial charge in [0.15, 0.2) is 0 Å². The molecular formula is C11H14F3NO2. The van der Waals surface area contributed by atoms with Crippen LogP contribution in [0, 0.1) is 0 Å². The van der Waals surface area contributed by atoms with Crippen LogP contribution in [0.2, 0.25) is 0 Å². The predicted molar refractivity (Wildman–Crippen MR) is 56.8 cm³/mol. The molecule has 1 unspecified atom stereocenters. The number of halogens is 3. The van der Waals surface area contributed by atoms with Gasteiger partial charge in [0.2, 0.25) is 0 Å². The summed E-state index contributed by atoms with van der Waals surface area (Å²) in [6.45, 7) is 0.171. The van der Waals surface area contributed by atoms with E-state index in [0.717, 1.165) is 6.07 Å². The van der Waals surface area contributed by atoms with Crippen LogP contribution in [0.5, 0.6) is 5.75 Å². The van der Waals surface area contributed by atoms with Crippen molar-refractivity contribution in [2.24, 2.45) is 5.73 Å². The van der Waals surface area contributed by atoms with Crippen molar-refractivity contribution in [3.05, 3.63) is 29.8 Å². The number of ether oxygens (including phenoxy) is 2. The normalized spacial score (nSPS) is 13.5. The van der Waals surface area contributed by atoms with Gasteiger partial charge in [0.05, 0.1) is 5.56 Å². The highest BCUT2D eigenvalue weighted by atomic mass is 19.4. The van der Waals surface area contributed by atoms with Gasteiger partial charge in [0.1, 0.15) is 18.5 Å². The Balaban J connectivity index is 2.77. The predicted octanol–water partition coefficient (Wildman–Crippen LogP) is 2.06. The van der Waals surface area contributed by atoms with Crippen molar-refractivity contribution in [3.63, 3.8) is 0 Å². The summed E-state index contributed by atoms with van der Waals surface area (Å²) in [6.07, 6.45) is -4.85. The molecule has 0 aliphatic carbocycles. The van der Waals surface area contributed by atoms with E-state index in [1.807, 2.05) is 0 Å². The smallest absolute Gasteiger partial charge is 0.419 e. The first-order valence-electron chi connectivity index (χ1n) is 5.01. The molecule has 0 aliphatic heterocycles. The summed E-state index contributed by atoms with van der Waals surface area (Å²) in [5, 5.41) is 0. The number of alkyl halides is 3. The third-order valence-corrected chi connectivity index (χ3v) is 2.21. The molecule has 0 aliphatic rings. The molecule has 0 radical (unpaired) electrons. The van der Waals surface area contributed by atoms with Gasteiger partial charge in [0, 0.05) is 13.7 Å². The minimum atomic E-state index is -4.43. The van der Waals surface area contributed by atoms with Crippen molar-refractivity contribution in [3.8, 4) is 5.75 Å². The first-order chi connectivity index (χ1) is 7.99. The second-order valence-corrected chi connectivity index (χ2v) is 3.40. The lowest BCUT2D eigenvalue weighted by Gasteiger charge is -2.17. The molecule has 6 heteroatoms. The molecule has 0 bridgehead atoms. The number of para-hydroxylation sites is 1. The molecule has 0 spiro atoms. The molecule has 0 saturated heterocycles. The summed E-state index contributed by atoms with van der Waals surface area (Å²) >= 11 is 0. The van der Waals surface area contributed by atoms with Gasteiger partial charge >= 0.3 is 6.18 Å². The Bertz CT molecular complexity index is 351. The minimum Gasteiger partial charge on any atom is -0.490 e. The zero-order valence-corrected chi connectivity index (χ0v) is 9.33. The Labute approximate surface area is 97.3 Å². The molecule has 0 aromatic heterocycles. The number of rotatable bonds is 5. The molecule has 96 valence electrons. The minimum absolute atomic E-state index is 0.0138. The number of hydrogen-bond donors (Lipinski definition) is 1. The molecule has 3 nitrogen and oxygen atoms in total. The topological polar surface area (TPSA) is 44.5 Å². The molecule has 0 amide bonds. The highest BCUT2D eigenvalue weighted by molar-refractivity contribution is 5.35. The maximum atomic E-state index is 12.6. The van der Waals surface area contributed by atoms with Crippen LogP contribution >= 0.6 is 0 Å². The van der Waals surface area contributed by atoms with Crippen molar-refractivity contribution < 1.29 is 22.6 Å². The van der Waals surface area contributed by atoms with Crippen LogP contribution in [0.3, 0.4) is 0 Å². The Hall–Kier alpha value is -1.27. The summed E-state index contributed by atoms with van der Waals surface area (Å²) in [7, 11) is 1.43. The van der Waals surface area contributed by atoms with Gasteiger partial charge in [-0.2, -0.15) is 13.2 Å². The van der Waals surface area contributed by atoms with Crippen molar-refractivity contribution in [2.75, 3.05) is 20.3 Å². The molecule has 17 heavy (non-hydrogen) atoms. The van der Waals surface area contributed by atoms with Crippen LogP contribution in [0.4, 0.5) is 13.2 Å². The van der Waals surface area contributed by atoms with Gasteiger partial charge in [-0.1, -0.05) is 12.1 Å². The van der Waals surface area contributed by atoms with Gasteiger partial charge in [-0.25, -0.2) is 0 Å². The summed E-state index contributed by atoms with van der Waals surface area (Å²) in [4.78, 5) is 0. The Morgan fingerprint density at radius 3 is 2.47 bits per heavy atom. The first kappa shape index (κ1) is 13.8. The standard InChI is InChI=1S/C11H14F3NO2/c1-16-8(6-15)7-17-10-5-3-2-4-9(10)11(12,13)14/h2-5,8H,6-7,15H2,1H3. The molecule has 0 saturated carbocycles. The molecule has 2 N–H and O–H groups in total. The van der Waals surface area contributed by atoms with E-state index in [9.17, 15) is 13.2 Å². The van der Waals surface area contributed by atoms with E-state index >= 15 is 0 Å². The van der Waals surface area contributed by atoms with E-state index in [0.29, 0.717) is 0 Å². The van der Waals surface area contributed by atoms with Crippen molar-refractivity contribution in [1.82, 2.24) is 0 Å². The van der Waals surface area contributed by atoms with E-state index in [1.165, 1.54) is 25.3 Å². The molecule has 0 fully saturated rings. The van der Waals surface area contributed by atoms with Crippen molar-refractivity contribution in [1.29, 1.82) is 0 Å². The summed E-state index contributed by atoms with van der Waals surface area (Å²) in [5.74, 6) is -0.212. The first-order valence-corrected chi connectivity index (χ1v) is 5.01. The maximum Gasteiger partial charge on any atom is 0.419 e. The fraction of sp³-hybridized carbons (Fsp3) is 0.455. The quantitative estimate of drug-likeness (QED) is 0.868. The highest BCUT2D eigenvalue weighted by Gasteiger charge is 2.34. The van der Waals surface area contributed by atoms with Crippen molar-refractivity contribution >= 4 is 0 Å². The second-order valence-electron chi connectivity index (χ2n) is 3.40. The average molecular weight is 249 g/mol. The summed E-state index contributed by atoms with van der Waals surface area (Å²) < 4.78 is 47.8. The van der Waals surface area contributed by atoms with Crippen LogP contribution in [0.15, 0.2) is 24.3 Å². The number of nitrogens with two attached hydrogens (primary N) is 1. The van der Waals surface area contributed by atoms with Crippen LogP contribution in [0.1, 0.15) is 5.56 Å². The van der Waals surface area contributed by atoms with Gasteiger partial charge in [0.25, 0.3) is 0 Å². The van der Waals surface area contributed by atoms with E-state index < -0.39 is 17.8 Å². The Kier molecular flexibility index (Phi) is 4.77. The van der Waals surface area contributed by atoms with Gasteiger partial charge < -0.3 is 15.2 Å². The van der Waals surface area contributed by atoms with E-state index in [-0.39, 0.29) is 18.9 Å². The lowest BCUT2D eigenvalue weighted by Crippen LogP contribution is -2.29. The fourth-order valence-corrected chi connectivity index (χ4v) is 1.24. The Morgan fingerprint density at radius 2 is 1.94 bits per heavy atom. The zero-order valence-electron chi connectivity index (χ0n) is 9.33. The monoisotopic (exact) mass is 249 g/mol. The van der Waals surface area contributed by atoms with Crippen LogP contribution in [0.25, 0.3) is 0 Å². The summed E-state index contributed by atoms with van der Waals surface area (Å²) in [6, 6.07) is 5.03. The third kappa shape index (κ3) is 3.90. The van der Waals surface area contributed by atoms with E-state index in [2.05, 4.69) is 0 Å². The Morgan fingerprint density at radius 1 is 1.29 bits per heavy atom. The van der Waals surface area contributed by atoms with E-state index in [1.54, 1.807) is 0 Å². The molecule has 1 rings (SSSR count). The number of hydrogen-bond acceptors (Lipinski definition) is 3. The van der Waals surface area contributed by atoms with Gasteiger partial charge in [-0.05, 0) is 12.1 Å². The van der Waals surface area contributed by atoms with Crippen LogP contribution < -0.4 is 10.5 Å². The SMILES string of the molecule is COC(CN)COc1ccccc1C(F)(F)F. The fourth-order valence-electron chi connectivity index (χ4n) is 1.24. The molecule has 1 atom stereocenters. The average Bonchev–Trinajstić information content (AvgIpc) is 2.29. The van der Waals surface area contributed by atoms with E-state index in [4.69, 9.17) is 15.2 Å². The maximum absolute atomic E-state index is 12.6. The van der Waals surface area contributed by atoms with Crippen LogP contribution in [-0.2, 0) is 10.9 Å². The molecule has 0 heterocycles. The number of methoxy groups -OCH3 is 1. The molecule has 1 aromatic carbocycles. The lowest BCUT2D eigenvalue weighted by molar-refractivity contribution is -0.139. The summed E-state index contributed by atoms with van der Waals surface area (Å²) in [5.41, 5.74) is 4.54. The molecule has 1 aromatic rings. The number of benzene rings is 1. The van der Waals surface area contributed by atoms with Gasteiger partial charge in [-0.3, -0.25) is 0 Å². The van der Waals surface area contributed by atoms with Gasteiger partial charge in [-0.15, -0.1) is 0 Å². The zero-order chi connectivity index (χ0) is 12.9.